The standard InChI is InChI=1S/C18H24N5O2/c1-23(7-5-4-6-8-23)14-11-19-22-17(14)18-20-12-9-15(24-2)16(25-3)10-13(12)21-18/h9-11H,4-8H2,1-3H3,(H,19,22)(H,20,21)/q+1. The van der Waals surface area contributed by atoms with Crippen LogP contribution in [0.3, 0.4) is 0 Å². The highest BCUT2D eigenvalue weighted by Crippen LogP contribution is 2.36. The summed E-state index contributed by atoms with van der Waals surface area (Å²) in [5.74, 6) is 2.15. The molecule has 25 heavy (non-hydrogen) atoms. The summed E-state index contributed by atoms with van der Waals surface area (Å²) in [6, 6.07) is 3.80. The Labute approximate surface area is 146 Å². The van der Waals surface area contributed by atoms with Gasteiger partial charge >= 0.3 is 0 Å². The highest BCUT2D eigenvalue weighted by molar-refractivity contribution is 5.84. The molecular formula is C18H24N5O2+. The summed E-state index contributed by atoms with van der Waals surface area (Å²) in [5, 5.41) is 7.45. The highest BCUT2D eigenvalue weighted by atomic mass is 16.5. The van der Waals surface area contributed by atoms with Crippen LogP contribution in [-0.4, -0.2) is 54.5 Å². The lowest BCUT2D eigenvalue weighted by molar-refractivity contribution is 0.275. The molecule has 7 nitrogen and oxygen atoms in total. The van der Waals surface area contributed by atoms with Gasteiger partial charge in [0.2, 0.25) is 0 Å². The summed E-state index contributed by atoms with van der Waals surface area (Å²) in [7, 11) is 5.54. The monoisotopic (exact) mass is 342 g/mol. The van der Waals surface area contributed by atoms with Gasteiger partial charge in [-0.15, -0.1) is 0 Å². The molecule has 0 unspecified atom stereocenters. The zero-order valence-electron chi connectivity index (χ0n) is 14.9. The number of rotatable bonds is 4. The predicted molar refractivity (Wildman–Crippen MR) is 98.1 cm³/mol. The lowest BCUT2D eigenvalue weighted by Crippen LogP contribution is -2.49. The molecule has 0 aliphatic carbocycles. The molecule has 1 saturated heterocycles. The Hall–Kier alpha value is -2.54. The first-order valence-electron chi connectivity index (χ1n) is 8.65. The van der Waals surface area contributed by atoms with Crippen molar-refractivity contribution in [2.75, 3.05) is 34.4 Å². The number of hydrogen-bond acceptors (Lipinski definition) is 4. The van der Waals surface area contributed by atoms with Crippen molar-refractivity contribution in [3.05, 3.63) is 18.3 Å². The Bertz CT molecular complexity index is 851. The fourth-order valence-corrected chi connectivity index (χ4v) is 3.77. The number of fused-ring (bicyclic) bond motifs is 1. The van der Waals surface area contributed by atoms with Crippen molar-refractivity contribution in [3.63, 3.8) is 0 Å². The Morgan fingerprint density at radius 2 is 1.76 bits per heavy atom. The van der Waals surface area contributed by atoms with Crippen LogP contribution < -0.4 is 14.0 Å². The number of imidazole rings is 1. The number of likely N-dealkylation sites (tertiary alicyclic amines) is 1. The molecular weight excluding hydrogens is 318 g/mol. The van der Waals surface area contributed by atoms with Crippen molar-refractivity contribution in [3.8, 4) is 23.0 Å². The third-order valence-corrected chi connectivity index (χ3v) is 5.23. The van der Waals surface area contributed by atoms with Crippen molar-refractivity contribution in [2.24, 2.45) is 0 Å². The highest BCUT2D eigenvalue weighted by Gasteiger charge is 2.32. The van der Waals surface area contributed by atoms with E-state index in [-0.39, 0.29) is 0 Å². The maximum Gasteiger partial charge on any atom is 0.182 e. The molecule has 0 atom stereocenters. The number of nitrogens with zero attached hydrogens (tertiary/aromatic N) is 3. The molecule has 7 heteroatoms. The molecule has 0 amide bonds. The van der Waals surface area contributed by atoms with E-state index in [0.29, 0.717) is 11.5 Å². The number of ether oxygens (including phenoxy) is 2. The fraction of sp³-hybridized carbons (Fsp3) is 0.444. The van der Waals surface area contributed by atoms with E-state index in [2.05, 4.69) is 22.2 Å². The number of piperidine rings is 1. The van der Waals surface area contributed by atoms with Crippen molar-refractivity contribution < 1.29 is 9.47 Å². The van der Waals surface area contributed by atoms with E-state index in [4.69, 9.17) is 14.5 Å². The Morgan fingerprint density at radius 3 is 2.48 bits per heavy atom. The molecule has 132 valence electrons. The minimum absolute atomic E-state index is 0.674. The second kappa shape index (κ2) is 6.07. The minimum Gasteiger partial charge on any atom is -0.493 e. The van der Waals surface area contributed by atoms with Gasteiger partial charge in [-0.25, -0.2) is 4.98 Å². The zero-order chi connectivity index (χ0) is 17.4. The van der Waals surface area contributed by atoms with E-state index in [0.717, 1.165) is 40.1 Å². The van der Waals surface area contributed by atoms with Crippen molar-refractivity contribution in [1.29, 1.82) is 0 Å². The van der Waals surface area contributed by atoms with Gasteiger partial charge in [0.25, 0.3) is 0 Å². The van der Waals surface area contributed by atoms with E-state index >= 15 is 0 Å². The van der Waals surface area contributed by atoms with Crippen molar-refractivity contribution >= 4 is 16.7 Å². The number of hydrogen-bond donors (Lipinski definition) is 2. The summed E-state index contributed by atoms with van der Waals surface area (Å²) < 4.78 is 11.7. The number of aromatic amines is 2. The molecule has 1 aromatic carbocycles. The average Bonchev–Trinajstić information content (AvgIpc) is 3.27. The van der Waals surface area contributed by atoms with Crippen molar-refractivity contribution in [2.45, 2.75) is 19.3 Å². The first-order chi connectivity index (χ1) is 12.1. The Balaban J connectivity index is 1.79. The summed E-state index contributed by atoms with van der Waals surface area (Å²) in [6.45, 7) is 2.27. The van der Waals surface area contributed by atoms with Crippen LogP contribution >= 0.6 is 0 Å². The zero-order valence-corrected chi connectivity index (χ0v) is 14.9. The van der Waals surface area contributed by atoms with Gasteiger partial charge in [0.05, 0.1) is 45.4 Å². The second-order valence-electron chi connectivity index (χ2n) is 6.84. The summed E-state index contributed by atoms with van der Waals surface area (Å²) >= 11 is 0. The third-order valence-electron chi connectivity index (χ3n) is 5.23. The number of aromatic nitrogens is 4. The van der Waals surface area contributed by atoms with Gasteiger partial charge in [0.15, 0.2) is 28.7 Å². The quantitative estimate of drug-likeness (QED) is 0.715. The van der Waals surface area contributed by atoms with Crippen LogP contribution in [-0.2, 0) is 0 Å². The summed E-state index contributed by atoms with van der Waals surface area (Å²) in [4.78, 5) is 8.15. The molecule has 0 spiro atoms. The topological polar surface area (TPSA) is 75.8 Å². The predicted octanol–water partition coefficient (Wildman–Crippen LogP) is 3.09. The van der Waals surface area contributed by atoms with Gasteiger partial charge in [0.1, 0.15) is 6.20 Å². The first kappa shape index (κ1) is 16.0. The maximum absolute atomic E-state index is 5.38. The van der Waals surface area contributed by atoms with Crippen LogP contribution in [0, 0.1) is 0 Å². The molecule has 1 fully saturated rings. The molecule has 3 heterocycles. The van der Waals surface area contributed by atoms with Gasteiger partial charge in [-0.1, -0.05) is 0 Å². The van der Waals surface area contributed by atoms with Gasteiger partial charge in [-0.05, 0) is 19.3 Å². The molecule has 0 saturated carbocycles. The van der Waals surface area contributed by atoms with Crippen LogP contribution in [0.5, 0.6) is 11.5 Å². The first-order valence-corrected chi connectivity index (χ1v) is 8.65. The van der Waals surface area contributed by atoms with Crippen LogP contribution in [0.2, 0.25) is 0 Å². The fourth-order valence-electron chi connectivity index (χ4n) is 3.77. The van der Waals surface area contributed by atoms with E-state index in [1.807, 2.05) is 18.3 Å². The van der Waals surface area contributed by atoms with Gasteiger partial charge in [0, 0.05) is 12.1 Å². The molecule has 2 aromatic heterocycles. The molecule has 3 aromatic rings. The minimum atomic E-state index is 0.674. The largest absolute Gasteiger partial charge is 0.493 e. The van der Waals surface area contributed by atoms with Crippen molar-refractivity contribution in [1.82, 2.24) is 24.6 Å². The van der Waals surface area contributed by atoms with Gasteiger partial charge in [-0.3, -0.25) is 9.58 Å². The number of nitrogens with one attached hydrogen (secondary N) is 2. The van der Waals surface area contributed by atoms with E-state index in [1.54, 1.807) is 14.2 Å². The lowest BCUT2D eigenvalue weighted by atomic mass is 10.1. The normalized spacial score (nSPS) is 16.9. The molecule has 1 aliphatic rings. The Kier molecular flexibility index (Phi) is 3.88. The van der Waals surface area contributed by atoms with Crippen LogP contribution in [0.25, 0.3) is 22.6 Å². The third kappa shape index (κ3) is 2.64. The van der Waals surface area contributed by atoms with Crippen LogP contribution in [0.15, 0.2) is 18.3 Å². The number of H-pyrrole nitrogens is 2. The molecule has 4 rings (SSSR count). The molecule has 1 aliphatic heterocycles. The van der Waals surface area contributed by atoms with Gasteiger partial charge in [-0.2, -0.15) is 5.10 Å². The summed E-state index contributed by atoms with van der Waals surface area (Å²) in [6.07, 6.45) is 5.74. The van der Waals surface area contributed by atoms with E-state index in [1.165, 1.54) is 24.9 Å². The summed E-state index contributed by atoms with van der Waals surface area (Å²) in [5.41, 5.74) is 3.90. The van der Waals surface area contributed by atoms with Crippen LogP contribution in [0.1, 0.15) is 19.3 Å². The second-order valence-corrected chi connectivity index (χ2v) is 6.84. The molecule has 0 bridgehead atoms. The Morgan fingerprint density at radius 1 is 1.04 bits per heavy atom. The average molecular weight is 342 g/mol. The SMILES string of the molecule is COc1cc2nc(-c3[nH]ncc3[N+]3(C)CCCCC3)[nH]c2cc1OC. The maximum atomic E-state index is 5.38. The number of methoxy groups -OCH3 is 2. The van der Waals surface area contributed by atoms with Gasteiger partial charge < -0.3 is 14.5 Å². The number of benzene rings is 1. The number of quaternary nitrogens is 1. The molecule has 2 N–H and O–H groups in total. The van der Waals surface area contributed by atoms with Crippen LogP contribution in [0.4, 0.5) is 5.69 Å². The smallest absolute Gasteiger partial charge is 0.182 e. The van der Waals surface area contributed by atoms with E-state index in [9.17, 15) is 0 Å². The lowest BCUT2D eigenvalue weighted by Gasteiger charge is -2.36. The molecule has 0 radical (unpaired) electrons. The van der Waals surface area contributed by atoms with E-state index < -0.39 is 0 Å².